The summed E-state index contributed by atoms with van der Waals surface area (Å²) in [6.07, 6.45) is 0. The highest BCUT2D eigenvalue weighted by Gasteiger charge is 2.10. The first-order valence-corrected chi connectivity index (χ1v) is 9.04. The number of guanidine groups is 1. The van der Waals surface area contributed by atoms with Crippen molar-refractivity contribution in [1.82, 2.24) is 15.4 Å². The molecule has 0 aliphatic heterocycles. The van der Waals surface area contributed by atoms with Gasteiger partial charge in [0.05, 0.1) is 4.90 Å². The summed E-state index contributed by atoms with van der Waals surface area (Å²) < 4.78 is 25.7. The summed E-state index contributed by atoms with van der Waals surface area (Å²) in [4.78, 5) is 4.43. The second-order valence-corrected chi connectivity index (χ2v) is 7.00. The maximum Gasteiger partial charge on any atom is 0.240 e. The standard InChI is InChI=1S/C17H22N4O2S/c1-18-17(20-12-14-6-4-3-5-7-14)21-13-15-8-10-16(11-9-15)24(22,23)19-2/h3-11,19H,12-13H2,1-2H3,(H2,18,20,21). The minimum atomic E-state index is -3.40. The average molecular weight is 346 g/mol. The Balaban J connectivity index is 1.89. The Morgan fingerprint density at radius 1 is 0.917 bits per heavy atom. The van der Waals surface area contributed by atoms with Crippen LogP contribution in [0.5, 0.6) is 0 Å². The molecule has 0 radical (unpaired) electrons. The van der Waals surface area contributed by atoms with Gasteiger partial charge in [0.2, 0.25) is 10.0 Å². The summed E-state index contributed by atoms with van der Waals surface area (Å²) >= 11 is 0. The van der Waals surface area contributed by atoms with Crippen molar-refractivity contribution in [3.63, 3.8) is 0 Å². The molecular formula is C17H22N4O2S. The number of nitrogens with zero attached hydrogens (tertiary/aromatic N) is 1. The summed E-state index contributed by atoms with van der Waals surface area (Å²) in [5.74, 6) is 0.686. The minimum Gasteiger partial charge on any atom is -0.352 e. The van der Waals surface area contributed by atoms with Crippen LogP contribution < -0.4 is 15.4 Å². The molecule has 2 aromatic carbocycles. The van der Waals surface area contributed by atoms with Gasteiger partial charge < -0.3 is 10.6 Å². The van der Waals surface area contributed by atoms with E-state index in [9.17, 15) is 8.42 Å². The van der Waals surface area contributed by atoms with Gasteiger partial charge in [0.15, 0.2) is 5.96 Å². The third-order valence-electron chi connectivity index (χ3n) is 3.49. The molecular weight excluding hydrogens is 324 g/mol. The molecule has 3 N–H and O–H groups in total. The molecule has 2 rings (SSSR count). The molecule has 24 heavy (non-hydrogen) atoms. The summed E-state index contributed by atoms with van der Waals surface area (Å²) in [5, 5.41) is 6.44. The number of benzene rings is 2. The summed E-state index contributed by atoms with van der Waals surface area (Å²) in [6.45, 7) is 1.23. The molecule has 0 amide bonds. The Morgan fingerprint density at radius 3 is 1.96 bits per heavy atom. The van der Waals surface area contributed by atoms with Gasteiger partial charge in [-0.05, 0) is 30.3 Å². The third kappa shape index (κ3) is 5.07. The first-order chi connectivity index (χ1) is 11.5. The van der Waals surface area contributed by atoms with Crippen LogP contribution in [0.4, 0.5) is 0 Å². The lowest BCUT2D eigenvalue weighted by atomic mass is 10.2. The number of hydrogen-bond donors (Lipinski definition) is 3. The molecule has 0 aromatic heterocycles. The summed E-state index contributed by atoms with van der Waals surface area (Å²) in [6, 6.07) is 16.8. The zero-order valence-electron chi connectivity index (χ0n) is 13.8. The summed E-state index contributed by atoms with van der Waals surface area (Å²) in [7, 11) is -0.289. The van der Waals surface area contributed by atoms with Crippen LogP contribution in [0.2, 0.25) is 0 Å². The Kier molecular flexibility index (Phi) is 6.34. The van der Waals surface area contributed by atoms with Gasteiger partial charge in [-0.1, -0.05) is 42.5 Å². The van der Waals surface area contributed by atoms with E-state index in [-0.39, 0.29) is 4.90 Å². The Labute approximate surface area is 143 Å². The van der Waals surface area contributed by atoms with Crippen LogP contribution in [-0.2, 0) is 23.1 Å². The lowest BCUT2D eigenvalue weighted by Crippen LogP contribution is -2.36. The molecule has 0 atom stereocenters. The highest BCUT2D eigenvalue weighted by molar-refractivity contribution is 7.89. The maximum atomic E-state index is 11.7. The van der Waals surface area contributed by atoms with E-state index in [0.717, 1.165) is 5.56 Å². The monoisotopic (exact) mass is 346 g/mol. The predicted octanol–water partition coefficient (Wildman–Crippen LogP) is 1.46. The SMILES string of the molecule is CN=C(NCc1ccccc1)NCc1ccc(S(=O)(=O)NC)cc1. The molecule has 6 nitrogen and oxygen atoms in total. The number of nitrogens with one attached hydrogen (secondary N) is 3. The average Bonchev–Trinajstić information content (AvgIpc) is 2.63. The number of rotatable bonds is 6. The van der Waals surface area contributed by atoms with Gasteiger partial charge in [-0.3, -0.25) is 4.99 Å². The van der Waals surface area contributed by atoms with E-state index in [4.69, 9.17) is 0 Å². The highest BCUT2D eigenvalue weighted by atomic mass is 32.2. The van der Waals surface area contributed by atoms with Crippen molar-refractivity contribution in [2.24, 2.45) is 4.99 Å². The molecule has 2 aromatic rings. The van der Waals surface area contributed by atoms with Crippen molar-refractivity contribution in [1.29, 1.82) is 0 Å². The van der Waals surface area contributed by atoms with Crippen LogP contribution >= 0.6 is 0 Å². The van der Waals surface area contributed by atoms with Crippen LogP contribution in [0, 0.1) is 0 Å². The molecule has 0 spiro atoms. The largest absolute Gasteiger partial charge is 0.352 e. The van der Waals surface area contributed by atoms with Gasteiger partial charge in [0.25, 0.3) is 0 Å². The predicted molar refractivity (Wildman–Crippen MR) is 96.2 cm³/mol. The molecule has 0 bridgehead atoms. The molecule has 0 saturated heterocycles. The lowest BCUT2D eigenvalue weighted by Gasteiger charge is -2.12. The van der Waals surface area contributed by atoms with Crippen LogP contribution in [0.1, 0.15) is 11.1 Å². The second-order valence-electron chi connectivity index (χ2n) is 5.12. The van der Waals surface area contributed by atoms with Gasteiger partial charge in [-0.2, -0.15) is 0 Å². The zero-order chi connectivity index (χ0) is 17.4. The van der Waals surface area contributed by atoms with Gasteiger partial charge >= 0.3 is 0 Å². The second kappa shape index (κ2) is 8.47. The van der Waals surface area contributed by atoms with Crippen LogP contribution in [0.3, 0.4) is 0 Å². The molecule has 0 heterocycles. The summed E-state index contributed by atoms with van der Waals surface area (Å²) in [5.41, 5.74) is 2.13. The van der Waals surface area contributed by atoms with E-state index < -0.39 is 10.0 Å². The molecule has 0 aliphatic carbocycles. The number of sulfonamides is 1. The number of aliphatic imine (C=N–C) groups is 1. The van der Waals surface area contributed by atoms with E-state index in [1.807, 2.05) is 30.3 Å². The van der Waals surface area contributed by atoms with E-state index >= 15 is 0 Å². The zero-order valence-corrected chi connectivity index (χ0v) is 14.6. The maximum absolute atomic E-state index is 11.7. The van der Waals surface area contributed by atoms with Crippen molar-refractivity contribution in [2.45, 2.75) is 18.0 Å². The molecule has 0 aliphatic rings. The van der Waals surface area contributed by atoms with Crippen molar-refractivity contribution < 1.29 is 8.42 Å². The quantitative estimate of drug-likeness (QED) is 0.546. The van der Waals surface area contributed by atoms with Gasteiger partial charge in [-0.25, -0.2) is 13.1 Å². The van der Waals surface area contributed by atoms with E-state index in [0.29, 0.717) is 19.0 Å². The third-order valence-corrected chi connectivity index (χ3v) is 4.92. The van der Waals surface area contributed by atoms with E-state index in [2.05, 4.69) is 20.3 Å². The van der Waals surface area contributed by atoms with E-state index in [1.54, 1.807) is 31.3 Å². The van der Waals surface area contributed by atoms with Crippen LogP contribution in [-0.4, -0.2) is 28.5 Å². The van der Waals surface area contributed by atoms with Crippen molar-refractivity contribution in [3.8, 4) is 0 Å². The smallest absolute Gasteiger partial charge is 0.240 e. The fourth-order valence-electron chi connectivity index (χ4n) is 2.09. The fourth-order valence-corrected chi connectivity index (χ4v) is 2.82. The number of hydrogen-bond acceptors (Lipinski definition) is 3. The minimum absolute atomic E-state index is 0.250. The lowest BCUT2D eigenvalue weighted by molar-refractivity contribution is 0.588. The first kappa shape index (κ1) is 18.0. The molecule has 0 unspecified atom stereocenters. The molecule has 0 saturated carbocycles. The van der Waals surface area contributed by atoms with Crippen molar-refractivity contribution in [2.75, 3.05) is 14.1 Å². The molecule has 7 heteroatoms. The Hall–Kier alpha value is -2.38. The molecule has 0 fully saturated rings. The van der Waals surface area contributed by atoms with Crippen LogP contribution in [0.15, 0.2) is 64.5 Å². The van der Waals surface area contributed by atoms with E-state index in [1.165, 1.54) is 12.6 Å². The van der Waals surface area contributed by atoms with Gasteiger partial charge in [-0.15, -0.1) is 0 Å². The Bertz CT molecular complexity index is 772. The van der Waals surface area contributed by atoms with Crippen molar-refractivity contribution >= 4 is 16.0 Å². The first-order valence-electron chi connectivity index (χ1n) is 7.56. The normalized spacial score (nSPS) is 12.0. The van der Waals surface area contributed by atoms with Crippen LogP contribution in [0.25, 0.3) is 0 Å². The Morgan fingerprint density at radius 2 is 1.46 bits per heavy atom. The topological polar surface area (TPSA) is 82.6 Å². The molecule has 128 valence electrons. The van der Waals surface area contributed by atoms with Gasteiger partial charge in [0, 0.05) is 20.1 Å². The van der Waals surface area contributed by atoms with Crippen molar-refractivity contribution in [3.05, 3.63) is 65.7 Å². The fraction of sp³-hybridized carbons (Fsp3) is 0.235. The highest BCUT2D eigenvalue weighted by Crippen LogP contribution is 2.09. The van der Waals surface area contributed by atoms with Gasteiger partial charge in [0.1, 0.15) is 0 Å².